The Labute approximate surface area is 80.9 Å². The minimum absolute atomic E-state index is 0.0335. The fourth-order valence-electron chi connectivity index (χ4n) is 1.29. The number of benzene rings is 1. The number of hydrogen-bond donors (Lipinski definition) is 1. The Kier molecular flexibility index (Phi) is 2.11. The molecule has 0 radical (unpaired) electrons. The second kappa shape index (κ2) is 3.29. The van der Waals surface area contributed by atoms with E-state index in [0.29, 0.717) is 5.52 Å². The van der Waals surface area contributed by atoms with Gasteiger partial charge in [0.05, 0.1) is 17.8 Å². The number of nitrogens with zero attached hydrogens (tertiary/aromatic N) is 1. The molecule has 1 N–H and O–H groups in total. The largest absolute Gasteiger partial charge is 0.488 e. The van der Waals surface area contributed by atoms with Gasteiger partial charge in [-0.3, -0.25) is 5.10 Å². The Bertz CT molecular complexity index is 450. The van der Waals surface area contributed by atoms with Gasteiger partial charge < -0.3 is 4.74 Å². The lowest BCUT2D eigenvalue weighted by Gasteiger charge is -2.10. The van der Waals surface area contributed by atoms with Crippen molar-refractivity contribution in [3.63, 3.8) is 0 Å². The maximum atomic E-state index is 13.4. The number of aromatic nitrogens is 2. The molecule has 1 heterocycles. The normalized spacial score (nSPS) is 11.1. The number of ether oxygens (including phenoxy) is 1. The van der Waals surface area contributed by atoms with Crippen molar-refractivity contribution in [3.05, 3.63) is 24.1 Å². The van der Waals surface area contributed by atoms with Crippen molar-refractivity contribution in [2.75, 3.05) is 0 Å². The minimum Gasteiger partial charge on any atom is -0.488 e. The van der Waals surface area contributed by atoms with Gasteiger partial charge in [0.25, 0.3) is 0 Å². The number of nitrogens with one attached hydrogen (secondary N) is 1. The van der Waals surface area contributed by atoms with E-state index < -0.39 is 0 Å². The number of H-pyrrole nitrogens is 1. The molecule has 0 aliphatic heterocycles. The van der Waals surface area contributed by atoms with Crippen LogP contribution in [0.1, 0.15) is 13.8 Å². The predicted molar refractivity (Wildman–Crippen MR) is 51.8 cm³/mol. The Hall–Kier alpha value is -1.58. The summed E-state index contributed by atoms with van der Waals surface area (Å²) in [5.41, 5.74) is 0.679. The predicted octanol–water partition coefficient (Wildman–Crippen LogP) is 2.49. The summed E-state index contributed by atoms with van der Waals surface area (Å²) in [5, 5.41) is 7.36. The highest BCUT2D eigenvalue weighted by Gasteiger charge is 2.08. The quantitative estimate of drug-likeness (QED) is 0.797. The fourth-order valence-corrected chi connectivity index (χ4v) is 1.29. The summed E-state index contributed by atoms with van der Waals surface area (Å²) in [6.45, 7) is 3.72. The van der Waals surface area contributed by atoms with E-state index in [2.05, 4.69) is 10.2 Å². The monoisotopic (exact) mass is 194 g/mol. The Morgan fingerprint density at radius 1 is 1.43 bits per heavy atom. The molecule has 3 nitrogen and oxygen atoms in total. The highest BCUT2D eigenvalue weighted by Crippen LogP contribution is 2.23. The molecule has 0 bridgehead atoms. The van der Waals surface area contributed by atoms with Gasteiger partial charge in [0.2, 0.25) is 0 Å². The molecule has 0 aliphatic carbocycles. The van der Waals surface area contributed by atoms with E-state index >= 15 is 0 Å². The lowest BCUT2D eigenvalue weighted by molar-refractivity contribution is 0.231. The van der Waals surface area contributed by atoms with Crippen molar-refractivity contribution in [1.29, 1.82) is 0 Å². The van der Waals surface area contributed by atoms with Crippen molar-refractivity contribution >= 4 is 10.9 Å². The zero-order chi connectivity index (χ0) is 10.1. The SMILES string of the molecule is CC(C)Oc1cc2cn[nH]c2cc1F. The van der Waals surface area contributed by atoms with E-state index in [1.165, 1.54) is 6.07 Å². The topological polar surface area (TPSA) is 37.9 Å². The summed E-state index contributed by atoms with van der Waals surface area (Å²) < 4.78 is 18.7. The van der Waals surface area contributed by atoms with Crippen LogP contribution in [-0.4, -0.2) is 16.3 Å². The molecule has 74 valence electrons. The molecule has 0 saturated heterocycles. The first kappa shape index (κ1) is 8.99. The average Bonchev–Trinajstić information content (AvgIpc) is 2.51. The first-order chi connectivity index (χ1) is 6.66. The van der Waals surface area contributed by atoms with Crippen LogP contribution >= 0.6 is 0 Å². The van der Waals surface area contributed by atoms with Crippen molar-refractivity contribution < 1.29 is 9.13 Å². The van der Waals surface area contributed by atoms with Crippen LogP contribution in [0.4, 0.5) is 4.39 Å². The van der Waals surface area contributed by atoms with Crippen molar-refractivity contribution in [2.24, 2.45) is 0 Å². The number of rotatable bonds is 2. The van der Waals surface area contributed by atoms with Gasteiger partial charge in [0.1, 0.15) is 0 Å². The van der Waals surface area contributed by atoms with Crippen LogP contribution in [0.25, 0.3) is 10.9 Å². The second-order valence-electron chi connectivity index (χ2n) is 3.41. The lowest BCUT2D eigenvalue weighted by Crippen LogP contribution is -2.06. The van der Waals surface area contributed by atoms with Gasteiger partial charge in [0.15, 0.2) is 11.6 Å². The van der Waals surface area contributed by atoms with E-state index in [9.17, 15) is 4.39 Å². The van der Waals surface area contributed by atoms with Crippen LogP contribution in [0.3, 0.4) is 0 Å². The third-order valence-corrected chi connectivity index (χ3v) is 1.86. The second-order valence-corrected chi connectivity index (χ2v) is 3.41. The van der Waals surface area contributed by atoms with Crippen LogP contribution in [0.5, 0.6) is 5.75 Å². The standard InChI is InChI=1S/C10H11FN2O/c1-6(2)14-10-3-7-5-12-13-9(7)4-8(10)11/h3-6H,1-2H3,(H,12,13). The zero-order valence-corrected chi connectivity index (χ0v) is 8.04. The van der Waals surface area contributed by atoms with Crippen molar-refractivity contribution in [3.8, 4) is 5.75 Å². The molecule has 0 fully saturated rings. The van der Waals surface area contributed by atoms with Gasteiger partial charge >= 0.3 is 0 Å². The minimum atomic E-state index is -0.365. The van der Waals surface area contributed by atoms with E-state index in [1.54, 1.807) is 12.3 Å². The third kappa shape index (κ3) is 1.55. The molecule has 1 aromatic heterocycles. The highest BCUT2D eigenvalue weighted by atomic mass is 19.1. The van der Waals surface area contributed by atoms with Crippen LogP contribution in [0, 0.1) is 5.82 Å². The van der Waals surface area contributed by atoms with Gasteiger partial charge in [-0.15, -0.1) is 0 Å². The molecule has 4 heteroatoms. The molecular formula is C10H11FN2O. The van der Waals surface area contributed by atoms with Gasteiger partial charge in [-0.1, -0.05) is 0 Å². The van der Waals surface area contributed by atoms with Crippen LogP contribution in [-0.2, 0) is 0 Å². The van der Waals surface area contributed by atoms with E-state index in [1.807, 2.05) is 13.8 Å². The number of fused-ring (bicyclic) bond motifs is 1. The summed E-state index contributed by atoms with van der Waals surface area (Å²) in [4.78, 5) is 0. The molecular weight excluding hydrogens is 183 g/mol. The van der Waals surface area contributed by atoms with E-state index in [-0.39, 0.29) is 17.7 Å². The molecule has 0 amide bonds. The fraction of sp³-hybridized carbons (Fsp3) is 0.300. The Morgan fingerprint density at radius 3 is 2.93 bits per heavy atom. The molecule has 0 spiro atoms. The van der Waals surface area contributed by atoms with Gasteiger partial charge in [0, 0.05) is 11.5 Å². The molecule has 0 saturated carbocycles. The van der Waals surface area contributed by atoms with Crippen molar-refractivity contribution in [2.45, 2.75) is 20.0 Å². The zero-order valence-electron chi connectivity index (χ0n) is 8.04. The maximum absolute atomic E-state index is 13.4. The smallest absolute Gasteiger partial charge is 0.167 e. The first-order valence-electron chi connectivity index (χ1n) is 4.46. The summed E-state index contributed by atoms with van der Waals surface area (Å²) >= 11 is 0. The number of aromatic amines is 1. The maximum Gasteiger partial charge on any atom is 0.167 e. The molecule has 0 aliphatic rings. The molecule has 2 rings (SSSR count). The lowest BCUT2D eigenvalue weighted by atomic mass is 10.2. The number of halogens is 1. The summed E-state index contributed by atoms with van der Waals surface area (Å²) in [7, 11) is 0. The number of hydrogen-bond acceptors (Lipinski definition) is 2. The van der Waals surface area contributed by atoms with E-state index in [0.717, 1.165) is 5.39 Å². The third-order valence-electron chi connectivity index (χ3n) is 1.86. The first-order valence-corrected chi connectivity index (χ1v) is 4.46. The summed E-state index contributed by atoms with van der Waals surface area (Å²) in [6, 6.07) is 3.04. The van der Waals surface area contributed by atoms with Gasteiger partial charge in [-0.2, -0.15) is 5.10 Å². The summed E-state index contributed by atoms with van der Waals surface area (Å²) in [6.07, 6.45) is 1.61. The summed E-state index contributed by atoms with van der Waals surface area (Å²) in [5.74, 6) is -0.0932. The van der Waals surface area contributed by atoms with Crippen molar-refractivity contribution in [1.82, 2.24) is 10.2 Å². The average molecular weight is 194 g/mol. The van der Waals surface area contributed by atoms with E-state index in [4.69, 9.17) is 4.74 Å². The molecule has 14 heavy (non-hydrogen) atoms. The van der Waals surface area contributed by atoms with Gasteiger partial charge in [-0.25, -0.2) is 4.39 Å². The molecule has 2 aromatic rings. The van der Waals surface area contributed by atoms with Crippen LogP contribution in [0.2, 0.25) is 0 Å². The molecule has 0 atom stereocenters. The molecule has 0 unspecified atom stereocenters. The van der Waals surface area contributed by atoms with Crippen LogP contribution in [0.15, 0.2) is 18.3 Å². The Balaban J connectivity index is 2.48. The van der Waals surface area contributed by atoms with Gasteiger partial charge in [-0.05, 0) is 19.9 Å². The Morgan fingerprint density at radius 2 is 2.21 bits per heavy atom. The molecule has 1 aromatic carbocycles. The highest BCUT2D eigenvalue weighted by molar-refractivity contribution is 5.79. The van der Waals surface area contributed by atoms with Crippen LogP contribution < -0.4 is 4.74 Å².